The van der Waals surface area contributed by atoms with E-state index in [0.717, 1.165) is 5.56 Å². The van der Waals surface area contributed by atoms with Crippen LogP contribution in [0.15, 0.2) is 24.7 Å². The van der Waals surface area contributed by atoms with Crippen molar-refractivity contribution in [1.82, 2.24) is 15.0 Å². The molecule has 0 aliphatic carbocycles. The van der Waals surface area contributed by atoms with Crippen LogP contribution >= 0.6 is 0 Å². The molecule has 0 aliphatic heterocycles. The zero-order valence-corrected chi connectivity index (χ0v) is 10.4. The molecule has 0 aromatic carbocycles. The summed E-state index contributed by atoms with van der Waals surface area (Å²) in [5.74, 6) is 0.772. The molecule has 0 bridgehead atoms. The van der Waals surface area contributed by atoms with E-state index in [1.54, 1.807) is 19.3 Å². The Bertz CT molecular complexity index is 616. The quantitative estimate of drug-likeness (QED) is 0.638. The number of anilines is 3. The van der Waals surface area contributed by atoms with E-state index in [-0.39, 0.29) is 17.3 Å². The Morgan fingerprint density at radius 3 is 2.58 bits per heavy atom. The smallest absolute Gasteiger partial charge is 0.353 e. The summed E-state index contributed by atoms with van der Waals surface area (Å²) in [5.41, 5.74) is 0.650. The largest absolute Gasteiger partial charge is 0.367 e. The minimum Gasteiger partial charge on any atom is -0.367 e. The highest BCUT2D eigenvalue weighted by Gasteiger charge is 2.22. The molecule has 0 unspecified atom stereocenters. The highest BCUT2D eigenvalue weighted by molar-refractivity contribution is 5.73. The van der Waals surface area contributed by atoms with Gasteiger partial charge in [0.25, 0.3) is 0 Å². The predicted octanol–water partition coefficient (Wildman–Crippen LogP) is 1.87. The van der Waals surface area contributed by atoms with Crippen molar-refractivity contribution >= 4 is 23.1 Å². The highest BCUT2D eigenvalue weighted by atomic mass is 16.6. The Kier molecular flexibility index (Phi) is 3.51. The van der Waals surface area contributed by atoms with Gasteiger partial charge in [0, 0.05) is 13.2 Å². The van der Waals surface area contributed by atoms with E-state index in [1.807, 2.05) is 13.0 Å². The summed E-state index contributed by atoms with van der Waals surface area (Å²) in [7, 11) is 1.56. The van der Waals surface area contributed by atoms with Gasteiger partial charge in [-0.15, -0.1) is 0 Å². The van der Waals surface area contributed by atoms with Gasteiger partial charge in [0.2, 0.25) is 11.6 Å². The molecular weight excluding hydrogens is 248 g/mol. The lowest BCUT2D eigenvalue weighted by Gasteiger charge is -2.09. The summed E-state index contributed by atoms with van der Waals surface area (Å²) >= 11 is 0. The fraction of sp³-hybridized carbons (Fsp3) is 0.182. The molecule has 2 N–H and O–H groups in total. The van der Waals surface area contributed by atoms with Gasteiger partial charge in [-0.05, 0) is 18.6 Å². The first-order valence-corrected chi connectivity index (χ1v) is 5.49. The fourth-order valence-corrected chi connectivity index (χ4v) is 1.55. The van der Waals surface area contributed by atoms with Crippen molar-refractivity contribution in [2.24, 2.45) is 0 Å². The van der Waals surface area contributed by atoms with Gasteiger partial charge in [-0.3, -0.25) is 10.1 Å². The Morgan fingerprint density at radius 1 is 1.21 bits per heavy atom. The average Bonchev–Trinajstić information content (AvgIpc) is 2.40. The number of aryl methyl sites for hydroxylation is 1. The Morgan fingerprint density at radius 2 is 1.95 bits per heavy atom. The summed E-state index contributed by atoms with van der Waals surface area (Å²) in [4.78, 5) is 22.4. The van der Waals surface area contributed by atoms with Crippen LogP contribution in [0.1, 0.15) is 5.56 Å². The van der Waals surface area contributed by atoms with Gasteiger partial charge in [-0.2, -0.15) is 0 Å². The van der Waals surface area contributed by atoms with E-state index < -0.39 is 4.92 Å². The fourth-order valence-electron chi connectivity index (χ4n) is 1.55. The molecule has 19 heavy (non-hydrogen) atoms. The maximum atomic E-state index is 11.1. The number of nitrogens with one attached hydrogen (secondary N) is 2. The van der Waals surface area contributed by atoms with Crippen molar-refractivity contribution in [1.29, 1.82) is 0 Å². The average molecular weight is 260 g/mol. The van der Waals surface area contributed by atoms with Crippen molar-refractivity contribution in [2.45, 2.75) is 6.92 Å². The van der Waals surface area contributed by atoms with Crippen molar-refractivity contribution in [3.05, 3.63) is 40.3 Å². The molecular formula is C11H12N6O2. The number of hydrogen-bond donors (Lipinski definition) is 2. The van der Waals surface area contributed by atoms with E-state index in [1.165, 1.54) is 6.33 Å². The lowest BCUT2D eigenvalue weighted by atomic mass is 10.3. The predicted molar refractivity (Wildman–Crippen MR) is 70.5 cm³/mol. The third-order valence-electron chi connectivity index (χ3n) is 2.49. The van der Waals surface area contributed by atoms with Crippen molar-refractivity contribution in [2.75, 3.05) is 17.7 Å². The molecule has 2 aromatic rings. The second-order valence-corrected chi connectivity index (χ2v) is 3.72. The first-order valence-electron chi connectivity index (χ1n) is 5.49. The van der Waals surface area contributed by atoms with Crippen LogP contribution in [-0.4, -0.2) is 26.9 Å². The molecule has 2 rings (SSSR count). The topological polar surface area (TPSA) is 106 Å². The molecule has 0 radical (unpaired) electrons. The van der Waals surface area contributed by atoms with Crippen LogP contribution in [-0.2, 0) is 0 Å². The number of aromatic nitrogens is 3. The van der Waals surface area contributed by atoms with E-state index in [2.05, 4.69) is 25.6 Å². The summed E-state index contributed by atoms with van der Waals surface area (Å²) in [6.07, 6.45) is 2.85. The van der Waals surface area contributed by atoms with E-state index >= 15 is 0 Å². The number of rotatable bonds is 4. The second kappa shape index (κ2) is 5.25. The minimum absolute atomic E-state index is 0.103. The molecule has 2 heterocycles. The molecule has 0 saturated carbocycles. The number of pyridine rings is 1. The maximum absolute atomic E-state index is 11.1. The van der Waals surface area contributed by atoms with E-state index in [4.69, 9.17) is 0 Å². The second-order valence-electron chi connectivity index (χ2n) is 3.72. The van der Waals surface area contributed by atoms with Crippen LogP contribution in [0.3, 0.4) is 0 Å². The maximum Gasteiger partial charge on any atom is 0.353 e. The summed E-state index contributed by atoms with van der Waals surface area (Å²) in [6.45, 7) is 1.85. The highest BCUT2D eigenvalue weighted by Crippen LogP contribution is 2.30. The van der Waals surface area contributed by atoms with E-state index in [0.29, 0.717) is 5.82 Å². The zero-order chi connectivity index (χ0) is 13.8. The van der Waals surface area contributed by atoms with Crippen LogP contribution in [0.4, 0.5) is 23.1 Å². The molecule has 8 nitrogen and oxygen atoms in total. The molecule has 0 fully saturated rings. The van der Waals surface area contributed by atoms with Gasteiger partial charge in [-0.25, -0.2) is 15.0 Å². The van der Waals surface area contributed by atoms with Gasteiger partial charge in [0.1, 0.15) is 12.1 Å². The normalized spacial score (nSPS) is 10.0. The summed E-state index contributed by atoms with van der Waals surface area (Å²) in [5, 5.41) is 16.6. The Labute approximate surface area is 109 Å². The molecule has 0 aliphatic rings. The van der Waals surface area contributed by atoms with Crippen LogP contribution in [0.2, 0.25) is 0 Å². The third kappa shape index (κ3) is 2.57. The first-order chi connectivity index (χ1) is 9.13. The zero-order valence-electron chi connectivity index (χ0n) is 10.4. The Balaban J connectivity index is 2.46. The molecule has 8 heteroatoms. The lowest BCUT2D eigenvalue weighted by molar-refractivity contribution is -0.383. The minimum atomic E-state index is -0.535. The lowest BCUT2D eigenvalue weighted by Crippen LogP contribution is -2.06. The van der Waals surface area contributed by atoms with Crippen LogP contribution in [0, 0.1) is 17.0 Å². The van der Waals surface area contributed by atoms with Crippen LogP contribution in [0.25, 0.3) is 0 Å². The molecule has 0 spiro atoms. The summed E-state index contributed by atoms with van der Waals surface area (Å²) < 4.78 is 0. The molecule has 0 amide bonds. The molecule has 0 atom stereocenters. The molecule has 2 aromatic heterocycles. The number of hydrogen-bond acceptors (Lipinski definition) is 7. The standard InChI is InChI=1S/C11H12N6O2/c1-7-4-3-5-13-9(7)16-11-8(17(18)19)10(12-2)14-6-15-11/h3-6H,1-2H3,(H2,12,13,14,15,16). The van der Waals surface area contributed by atoms with Gasteiger partial charge >= 0.3 is 5.69 Å². The first kappa shape index (κ1) is 12.7. The molecule has 98 valence electrons. The van der Waals surface area contributed by atoms with Gasteiger partial charge in [-0.1, -0.05) is 6.07 Å². The number of nitro groups is 1. The van der Waals surface area contributed by atoms with Crippen LogP contribution < -0.4 is 10.6 Å². The SMILES string of the molecule is CNc1ncnc(Nc2ncccc2C)c1[N+](=O)[O-]. The molecule has 0 saturated heterocycles. The number of nitrogens with zero attached hydrogens (tertiary/aromatic N) is 4. The van der Waals surface area contributed by atoms with Gasteiger partial charge in [0.15, 0.2) is 0 Å². The van der Waals surface area contributed by atoms with Crippen LogP contribution in [0.5, 0.6) is 0 Å². The van der Waals surface area contributed by atoms with Crippen molar-refractivity contribution < 1.29 is 4.92 Å². The van der Waals surface area contributed by atoms with Gasteiger partial charge in [0.05, 0.1) is 4.92 Å². The van der Waals surface area contributed by atoms with Gasteiger partial charge < -0.3 is 10.6 Å². The summed E-state index contributed by atoms with van der Waals surface area (Å²) in [6, 6.07) is 3.63. The monoisotopic (exact) mass is 260 g/mol. The Hall–Kier alpha value is -2.77. The van der Waals surface area contributed by atoms with E-state index in [9.17, 15) is 10.1 Å². The van der Waals surface area contributed by atoms with Crippen molar-refractivity contribution in [3.8, 4) is 0 Å². The van der Waals surface area contributed by atoms with Crippen molar-refractivity contribution in [3.63, 3.8) is 0 Å². The third-order valence-corrected chi connectivity index (χ3v) is 2.49.